The van der Waals surface area contributed by atoms with Crippen molar-refractivity contribution in [2.45, 2.75) is 13.3 Å². The summed E-state index contributed by atoms with van der Waals surface area (Å²) in [7, 11) is -3.32. The van der Waals surface area contributed by atoms with Gasteiger partial charge >= 0.3 is 5.97 Å². The summed E-state index contributed by atoms with van der Waals surface area (Å²) in [6.45, 7) is 1.65. The number of nitrogens with zero attached hydrogens (tertiary/aromatic N) is 1. The maximum Gasteiger partial charge on any atom is 0.304 e. The minimum absolute atomic E-state index is 0.0876. The molecule has 0 fully saturated rings. The minimum atomic E-state index is -3.32. The Balaban J connectivity index is 3.97. The Bertz CT molecular complexity index is 317. The molecule has 0 aliphatic rings. The van der Waals surface area contributed by atoms with E-state index < -0.39 is 15.8 Å². The van der Waals surface area contributed by atoms with E-state index in [0.717, 1.165) is 0 Å². The number of aliphatic imine (C=N–C) groups is 1. The molecule has 0 saturated heterocycles. The summed E-state index contributed by atoms with van der Waals surface area (Å²) in [4.78, 5) is 13.8. The number of amidine groups is 1. The Morgan fingerprint density at radius 3 is 2.43 bits per heavy atom. The van der Waals surface area contributed by atoms with Gasteiger partial charge in [-0.15, -0.1) is 0 Å². The topological polar surface area (TPSA) is 110 Å². The van der Waals surface area contributed by atoms with Crippen molar-refractivity contribution >= 4 is 21.6 Å². The molecule has 0 aliphatic heterocycles. The Morgan fingerprint density at radius 2 is 2.00 bits per heavy atom. The van der Waals surface area contributed by atoms with Gasteiger partial charge < -0.3 is 10.8 Å². The van der Waals surface area contributed by atoms with Gasteiger partial charge in [0.25, 0.3) is 0 Å². The SMILES string of the molecule is CC(N)=NCCS(=O)(=O)CCC(=O)O. The molecule has 0 aromatic carbocycles. The minimum Gasteiger partial charge on any atom is -0.481 e. The van der Waals surface area contributed by atoms with Gasteiger partial charge in [-0.1, -0.05) is 0 Å². The van der Waals surface area contributed by atoms with E-state index >= 15 is 0 Å². The smallest absolute Gasteiger partial charge is 0.304 e. The van der Waals surface area contributed by atoms with Crippen LogP contribution in [0, 0.1) is 0 Å². The molecule has 7 heteroatoms. The molecule has 14 heavy (non-hydrogen) atoms. The predicted molar refractivity (Wildman–Crippen MR) is 53.1 cm³/mol. The predicted octanol–water partition coefficient (Wildman–Crippen LogP) is -0.747. The number of sulfone groups is 1. The zero-order chi connectivity index (χ0) is 11.2. The fraction of sp³-hybridized carbons (Fsp3) is 0.714. The Morgan fingerprint density at radius 1 is 1.43 bits per heavy atom. The molecule has 0 rings (SSSR count). The lowest BCUT2D eigenvalue weighted by Gasteiger charge is -1.99. The highest BCUT2D eigenvalue weighted by Gasteiger charge is 2.12. The largest absolute Gasteiger partial charge is 0.481 e. The number of nitrogens with two attached hydrogens (primary N) is 1. The molecule has 0 unspecified atom stereocenters. The van der Waals surface area contributed by atoms with Crippen molar-refractivity contribution in [3.8, 4) is 0 Å². The molecule has 0 aromatic heterocycles. The lowest BCUT2D eigenvalue weighted by Crippen LogP contribution is -2.17. The zero-order valence-electron chi connectivity index (χ0n) is 7.93. The fourth-order valence-electron chi connectivity index (χ4n) is 0.706. The Kier molecular flexibility index (Phi) is 5.14. The summed E-state index contributed by atoms with van der Waals surface area (Å²) in [5.74, 6) is -1.30. The molecule has 3 N–H and O–H groups in total. The van der Waals surface area contributed by atoms with E-state index in [1.807, 2.05) is 0 Å². The van der Waals surface area contributed by atoms with Gasteiger partial charge in [0.1, 0.15) is 0 Å². The molecule has 0 spiro atoms. The van der Waals surface area contributed by atoms with E-state index in [2.05, 4.69) is 4.99 Å². The lowest BCUT2D eigenvalue weighted by atomic mass is 10.5. The Hall–Kier alpha value is -1.11. The molecule has 0 aliphatic carbocycles. The maximum atomic E-state index is 11.1. The first-order chi connectivity index (χ1) is 6.33. The van der Waals surface area contributed by atoms with Crippen molar-refractivity contribution in [2.24, 2.45) is 10.7 Å². The molecule has 0 bridgehead atoms. The summed E-state index contributed by atoms with van der Waals surface area (Å²) in [6, 6.07) is 0. The van der Waals surface area contributed by atoms with Gasteiger partial charge in [-0.2, -0.15) is 0 Å². The lowest BCUT2D eigenvalue weighted by molar-refractivity contribution is -0.136. The molecule has 0 amide bonds. The van der Waals surface area contributed by atoms with E-state index in [-0.39, 0.29) is 24.5 Å². The Labute approximate surface area is 82.7 Å². The summed E-state index contributed by atoms with van der Waals surface area (Å²) in [5, 5.41) is 8.28. The van der Waals surface area contributed by atoms with E-state index in [4.69, 9.17) is 10.8 Å². The third-order valence-corrected chi connectivity index (χ3v) is 3.02. The van der Waals surface area contributed by atoms with Crippen LogP contribution in [0.4, 0.5) is 0 Å². The molecule has 0 heterocycles. The molecular formula is C7H14N2O4S. The van der Waals surface area contributed by atoms with Gasteiger partial charge in [0.2, 0.25) is 0 Å². The third-order valence-electron chi connectivity index (χ3n) is 1.39. The van der Waals surface area contributed by atoms with Crippen molar-refractivity contribution in [3.05, 3.63) is 0 Å². The third kappa shape index (κ3) is 7.53. The summed E-state index contributed by atoms with van der Waals surface area (Å²) >= 11 is 0. The van der Waals surface area contributed by atoms with Crippen molar-refractivity contribution in [3.63, 3.8) is 0 Å². The highest BCUT2D eigenvalue weighted by Crippen LogP contribution is 1.94. The van der Waals surface area contributed by atoms with Gasteiger partial charge in [-0.3, -0.25) is 9.79 Å². The zero-order valence-corrected chi connectivity index (χ0v) is 8.75. The quantitative estimate of drug-likeness (QED) is 0.454. The number of hydrogen-bond donors (Lipinski definition) is 2. The number of carbonyl (C=O) groups is 1. The van der Waals surface area contributed by atoms with Crippen LogP contribution < -0.4 is 5.73 Å². The van der Waals surface area contributed by atoms with Crippen LogP contribution in [0.25, 0.3) is 0 Å². The summed E-state index contributed by atoms with van der Waals surface area (Å²) < 4.78 is 22.3. The van der Waals surface area contributed by atoms with Crippen LogP contribution in [0.15, 0.2) is 4.99 Å². The van der Waals surface area contributed by atoms with E-state index in [1.165, 1.54) is 0 Å². The van der Waals surface area contributed by atoms with Crippen LogP contribution in [0.3, 0.4) is 0 Å². The van der Waals surface area contributed by atoms with Crippen LogP contribution in [-0.2, 0) is 14.6 Å². The molecule has 82 valence electrons. The van der Waals surface area contributed by atoms with E-state index in [0.29, 0.717) is 5.84 Å². The van der Waals surface area contributed by atoms with Gasteiger partial charge in [0.15, 0.2) is 9.84 Å². The molecule has 6 nitrogen and oxygen atoms in total. The second-order valence-corrected chi connectivity index (χ2v) is 5.12. The van der Waals surface area contributed by atoms with Crippen LogP contribution in [0.2, 0.25) is 0 Å². The van der Waals surface area contributed by atoms with E-state index in [9.17, 15) is 13.2 Å². The maximum absolute atomic E-state index is 11.1. The highest BCUT2D eigenvalue weighted by molar-refractivity contribution is 7.91. The highest BCUT2D eigenvalue weighted by atomic mass is 32.2. The van der Waals surface area contributed by atoms with Gasteiger partial charge in [-0.25, -0.2) is 8.42 Å². The standard InChI is InChI=1S/C7H14N2O4S/c1-6(8)9-3-5-14(12,13)4-2-7(10)11/h2-5H2,1H3,(H2,8,9)(H,10,11). The second kappa shape index (κ2) is 5.58. The van der Waals surface area contributed by atoms with Gasteiger partial charge in [-0.05, 0) is 6.92 Å². The normalized spacial score (nSPS) is 12.8. The molecule has 0 aromatic rings. The van der Waals surface area contributed by atoms with Gasteiger partial charge in [0, 0.05) is 0 Å². The number of hydrogen-bond acceptors (Lipinski definition) is 4. The van der Waals surface area contributed by atoms with Crippen molar-refractivity contribution in [2.75, 3.05) is 18.1 Å². The second-order valence-electron chi connectivity index (χ2n) is 2.82. The monoisotopic (exact) mass is 222 g/mol. The van der Waals surface area contributed by atoms with Crippen LogP contribution in [0.1, 0.15) is 13.3 Å². The summed E-state index contributed by atoms with van der Waals surface area (Å²) in [6.07, 6.45) is -0.367. The van der Waals surface area contributed by atoms with Crippen LogP contribution in [-0.4, -0.2) is 43.4 Å². The molecular weight excluding hydrogens is 208 g/mol. The first kappa shape index (κ1) is 12.9. The molecule has 0 saturated carbocycles. The number of rotatable bonds is 6. The summed E-state index contributed by atoms with van der Waals surface area (Å²) in [5.41, 5.74) is 5.21. The van der Waals surface area contributed by atoms with Crippen molar-refractivity contribution < 1.29 is 18.3 Å². The number of carboxylic acids is 1. The molecule has 0 radical (unpaired) electrons. The van der Waals surface area contributed by atoms with Crippen LogP contribution in [0.5, 0.6) is 0 Å². The first-order valence-electron chi connectivity index (χ1n) is 4.02. The first-order valence-corrected chi connectivity index (χ1v) is 5.84. The van der Waals surface area contributed by atoms with Crippen molar-refractivity contribution in [1.82, 2.24) is 0 Å². The average molecular weight is 222 g/mol. The fourth-order valence-corrected chi connectivity index (χ4v) is 1.77. The van der Waals surface area contributed by atoms with Crippen molar-refractivity contribution in [1.29, 1.82) is 0 Å². The van der Waals surface area contributed by atoms with Crippen LogP contribution >= 0.6 is 0 Å². The van der Waals surface area contributed by atoms with Gasteiger partial charge in [0.05, 0.1) is 30.3 Å². The average Bonchev–Trinajstić information content (AvgIpc) is 2.00. The van der Waals surface area contributed by atoms with E-state index in [1.54, 1.807) is 6.92 Å². The number of carboxylic acid groups (broad SMARTS) is 1. The molecule has 0 atom stereocenters. The number of aliphatic carboxylic acids is 1.